The minimum atomic E-state index is 0.467. The van der Waals surface area contributed by atoms with Crippen LogP contribution < -0.4 is 10.6 Å². The second-order valence-corrected chi connectivity index (χ2v) is 5.89. The molecule has 0 aromatic heterocycles. The van der Waals surface area contributed by atoms with Crippen molar-refractivity contribution in [3.05, 3.63) is 0 Å². The van der Waals surface area contributed by atoms with Crippen molar-refractivity contribution in [3.8, 4) is 0 Å². The third kappa shape index (κ3) is 1.72. The van der Waals surface area contributed by atoms with Crippen molar-refractivity contribution >= 4 is 5.96 Å². The van der Waals surface area contributed by atoms with Gasteiger partial charge in [0.2, 0.25) is 0 Å². The van der Waals surface area contributed by atoms with Crippen LogP contribution in [0.5, 0.6) is 0 Å². The number of hydrogen-bond donors (Lipinski definition) is 2. The Morgan fingerprint density at radius 2 is 2.00 bits per heavy atom. The summed E-state index contributed by atoms with van der Waals surface area (Å²) in [7, 11) is 0. The van der Waals surface area contributed by atoms with E-state index in [1.165, 1.54) is 0 Å². The van der Waals surface area contributed by atoms with Crippen molar-refractivity contribution in [1.29, 1.82) is 0 Å². The highest BCUT2D eigenvalue weighted by Crippen LogP contribution is 2.67. The molecule has 1 aliphatic heterocycles. The Morgan fingerprint density at radius 3 is 2.47 bits per heavy atom. The van der Waals surface area contributed by atoms with Crippen LogP contribution in [-0.4, -0.2) is 25.6 Å². The van der Waals surface area contributed by atoms with Gasteiger partial charge in [0.1, 0.15) is 0 Å². The molecule has 1 fully saturated rings. The zero-order valence-corrected chi connectivity index (χ0v) is 10.4. The molecule has 0 bridgehead atoms. The van der Waals surface area contributed by atoms with Crippen LogP contribution in [0.4, 0.5) is 0 Å². The van der Waals surface area contributed by atoms with Gasteiger partial charge in [-0.1, -0.05) is 27.7 Å². The molecule has 3 nitrogen and oxygen atoms in total. The maximum absolute atomic E-state index is 4.42. The summed E-state index contributed by atoms with van der Waals surface area (Å²) >= 11 is 0. The zero-order chi connectivity index (χ0) is 11.1. The molecule has 1 saturated carbocycles. The van der Waals surface area contributed by atoms with Gasteiger partial charge in [-0.2, -0.15) is 0 Å². The van der Waals surface area contributed by atoms with Gasteiger partial charge >= 0.3 is 0 Å². The van der Waals surface area contributed by atoms with Gasteiger partial charge in [0, 0.05) is 19.6 Å². The Kier molecular flexibility index (Phi) is 2.44. The van der Waals surface area contributed by atoms with Crippen molar-refractivity contribution < 1.29 is 0 Å². The maximum Gasteiger partial charge on any atom is 0.191 e. The van der Waals surface area contributed by atoms with Crippen LogP contribution in [0.3, 0.4) is 0 Å². The Balaban J connectivity index is 1.83. The Hall–Kier alpha value is -0.730. The van der Waals surface area contributed by atoms with Crippen molar-refractivity contribution in [1.82, 2.24) is 10.6 Å². The molecule has 0 spiro atoms. The van der Waals surface area contributed by atoms with Crippen LogP contribution in [0.2, 0.25) is 0 Å². The third-order valence-electron chi connectivity index (χ3n) is 4.69. The lowest BCUT2D eigenvalue weighted by molar-refractivity contribution is 0.457. The molecule has 1 heterocycles. The molecule has 0 saturated heterocycles. The molecule has 0 amide bonds. The Morgan fingerprint density at radius 1 is 1.33 bits per heavy atom. The van der Waals surface area contributed by atoms with E-state index in [2.05, 4.69) is 43.3 Å². The first kappa shape index (κ1) is 10.8. The van der Waals surface area contributed by atoms with E-state index in [-0.39, 0.29) is 0 Å². The number of rotatable bonds is 2. The van der Waals surface area contributed by atoms with Gasteiger partial charge in [0.25, 0.3) is 0 Å². The molecule has 2 aliphatic rings. The third-order valence-corrected chi connectivity index (χ3v) is 4.69. The van der Waals surface area contributed by atoms with Crippen molar-refractivity contribution in [2.24, 2.45) is 21.7 Å². The van der Waals surface area contributed by atoms with Gasteiger partial charge in [-0.05, 0) is 23.2 Å². The van der Waals surface area contributed by atoms with Gasteiger partial charge in [-0.15, -0.1) is 0 Å². The van der Waals surface area contributed by atoms with Gasteiger partial charge in [0.05, 0.1) is 0 Å². The lowest BCUT2D eigenvalue weighted by Crippen LogP contribution is -2.41. The molecule has 2 N–H and O–H groups in total. The molecular formula is C12H23N3. The Bertz CT molecular complexity index is 265. The molecule has 0 unspecified atom stereocenters. The van der Waals surface area contributed by atoms with E-state index in [0.717, 1.165) is 37.9 Å². The van der Waals surface area contributed by atoms with Gasteiger partial charge in [-0.3, -0.25) is 4.99 Å². The standard InChI is InChI=1S/C12H23N3/c1-11(2)9(12(11,3)4)8-15-10-13-6-5-7-14-10/h9H,5-8H2,1-4H3,(H2,13,14,15). The summed E-state index contributed by atoms with van der Waals surface area (Å²) in [5, 5.41) is 6.73. The molecule has 86 valence electrons. The second kappa shape index (κ2) is 3.39. The Labute approximate surface area is 92.7 Å². The highest BCUT2D eigenvalue weighted by molar-refractivity contribution is 5.80. The van der Waals surface area contributed by atoms with Crippen LogP contribution in [-0.2, 0) is 0 Å². The van der Waals surface area contributed by atoms with Gasteiger partial charge < -0.3 is 10.6 Å². The molecule has 1 aliphatic carbocycles. The first-order valence-corrected chi connectivity index (χ1v) is 5.98. The van der Waals surface area contributed by atoms with E-state index >= 15 is 0 Å². The number of guanidine groups is 1. The molecule has 0 atom stereocenters. The number of hydrogen-bond acceptors (Lipinski definition) is 3. The maximum atomic E-state index is 4.42. The molecular weight excluding hydrogens is 186 g/mol. The van der Waals surface area contributed by atoms with Crippen molar-refractivity contribution in [2.75, 3.05) is 19.6 Å². The van der Waals surface area contributed by atoms with Crippen molar-refractivity contribution in [3.63, 3.8) is 0 Å². The fourth-order valence-corrected chi connectivity index (χ4v) is 2.69. The van der Waals surface area contributed by atoms with Crippen LogP contribution in [0, 0.1) is 16.7 Å². The topological polar surface area (TPSA) is 36.4 Å². The highest BCUT2D eigenvalue weighted by Gasteiger charge is 2.64. The summed E-state index contributed by atoms with van der Waals surface area (Å²) in [5.41, 5.74) is 0.935. The van der Waals surface area contributed by atoms with Crippen LogP contribution in [0.1, 0.15) is 34.1 Å². The summed E-state index contributed by atoms with van der Waals surface area (Å²) in [6.45, 7) is 12.5. The number of aliphatic imine (C=N–C) groups is 1. The van der Waals surface area contributed by atoms with E-state index in [0.29, 0.717) is 10.8 Å². The average Bonchev–Trinajstić information content (AvgIpc) is 2.57. The minimum Gasteiger partial charge on any atom is -0.356 e. The monoisotopic (exact) mass is 209 g/mol. The van der Waals surface area contributed by atoms with E-state index in [9.17, 15) is 0 Å². The van der Waals surface area contributed by atoms with E-state index in [4.69, 9.17) is 0 Å². The summed E-state index contributed by atoms with van der Waals surface area (Å²) in [4.78, 5) is 4.42. The van der Waals surface area contributed by atoms with E-state index < -0.39 is 0 Å². The summed E-state index contributed by atoms with van der Waals surface area (Å²) in [6.07, 6.45) is 1.16. The zero-order valence-electron chi connectivity index (χ0n) is 10.4. The molecule has 2 rings (SSSR count). The smallest absolute Gasteiger partial charge is 0.191 e. The van der Waals surface area contributed by atoms with Crippen LogP contribution in [0.25, 0.3) is 0 Å². The predicted octanol–water partition coefficient (Wildman–Crippen LogP) is 1.61. The first-order valence-electron chi connectivity index (χ1n) is 5.98. The lowest BCUT2D eigenvalue weighted by atomic mass is 10.0. The lowest BCUT2D eigenvalue weighted by Gasteiger charge is -2.16. The normalized spacial score (nSPS) is 27.9. The van der Waals surface area contributed by atoms with Gasteiger partial charge in [0.15, 0.2) is 5.96 Å². The first-order chi connectivity index (χ1) is 6.96. The SMILES string of the molecule is CC1(C)C(CNC2=NCCCN2)C1(C)C. The second-order valence-electron chi connectivity index (χ2n) is 5.89. The highest BCUT2D eigenvalue weighted by atomic mass is 15.2. The molecule has 0 radical (unpaired) electrons. The van der Waals surface area contributed by atoms with Crippen LogP contribution in [0.15, 0.2) is 4.99 Å². The summed E-state index contributed by atoms with van der Waals surface area (Å²) < 4.78 is 0. The predicted molar refractivity (Wildman–Crippen MR) is 64.0 cm³/mol. The van der Waals surface area contributed by atoms with E-state index in [1.807, 2.05) is 0 Å². The quantitative estimate of drug-likeness (QED) is 0.725. The summed E-state index contributed by atoms with van der Waals surface area (Å²) in [6, 6.07) is 0. The van der Waals surface area contributed by atoms with E-state index in [1.54, 1.807) is 0 Å². The minimum absolute atomic E-state index is 0.467. The average molecular weight is 209 g/mol. The fraction of sp³-hybridized carbons (Fsp3) is 0.917. The van der Waals surface area contributed by atoms with Crippen LogP contribution >= 0.6 is 0 Å². The molecule has 0 aromatic carbocycles. The fourth-order valence-electron chi connectivity index (χ4n) is 2.69. The van der Waals surface area contributed by atoms with Gasteiger partial charge in [-0.25, -0.2) is 0 Å². The largest absolute Gasteiger partial charge is 0.356 e. The molecule has 15 heavy (non-hydrogen) atoms. The summed E-state index contributed by atoms with van der Waals surface area (Å²) in [5.74, 6) is 1.76. The molecule has 0 aromatic rings. The number of nitrogens with zero attached hydrogens (tertiary/aromatic N) is 1. The van der Waals surface area contributed by atoms with Crippen molar-refractivity contribution in [2.45, 2.75) is 34.1 Å². The molecule has 3 heteroatoms. The number of nitrogens with one attached hydrogen (secondary N) is 2.